The molecular weight excluding hydrogens is 292 g/mol. The van der Waals surface area contributed by atoms with Crippen molar-refractivity contribution < 1.29 is 23.8 Å². The standard InChI is InChI=1S/C15H14O5S/c1-9-8-12(14(17)19-3)21-15(9)20-11-7-5-4-6-10(11)13(16)18-2/h4-8H,1-3H3. The van der Waals surface area contributed by atoms with Crippen molar-refractivity contribution in [2.24, 2.45) is 0 Å². The largest absolute Gasteiger partial charge is 0.465 e. The summed E-state index contributed by atoms with van der Waals surface area (Å²) in [5.41, 5.74) is 1.12. The Balaban J connectivity index is 2.33. The van der Waals surface area contributed by atoms with Gasteiger partial charge in [-0.3, -0.25) is 0 Å². The molecule has 0 radical (unpaired) electrons. The Labute approximate surface area is 126 Å². The summed E-state index contributed by atoms with van der Waals surface area (Å²) in [7, 11) is 2.63. The second-order valence-electron chi connectivity index (χ2n) is 4.16. The molecule has 1 heterocycles. The van der Waals surface area contributed by atoms with Gasteiger partial charge in [0.1, 0.15) is 16.2 Å². The van der Waals surface area contributed by atoms with Crippen molar-refractivity contribution in [3.05, 3.63) is 46.3 Å². The Kier molecular flexibility index (Phi) is 4.59. The Hall–Kier alpha value is -2.34. The third-order valence-electron chi connectivity index (χ3n) is 2.75. The number of carbonyl (C=O) groups is 2. The summed E-state index contributed by atoms with van der Waals surface area (Å²) in [4.78, 5) is 23.7. The van der Waals surface area contributed by atoms with Crippen LogP contribution in [0.4, 0.5) is 0 Å². The summed E-state index contributed by atoms with van der Waals surface area (Å²) >= 11 is 1.17. The highest BCUT2D eigenvalue weighted by atomic mass is 32.1. The van der Waals surface area contributed by atoms with Crippen molar-refractivity contribution >= 4 is 23.3 Å². The van der Waals surface area contributed by atoms with Gasteiger partial charge in [0.25, 0.3) is 0 Å². The second-order valence-corrected chi connectivity index (χ2v) is 5.18. The van der Waals surface area contributed by atoms with Crippen LogP contribution in [0.25, 0.3) is 0 Å². The normalized spacial score (nSPS) is 10.0. The summed E-state index contributed by atoms with van der Waals surface area (Å²) in [6, 6.07) is 8.45. The van der Waals surface area contributed by atoms with Gasteiger partial charge in [-0.25, -0.2) is 9.59 Å². The van der Waals surface area contributed by atoms with Crippen LogP contribution in [0, 0.1) is 6.92 Å². The lowest BCUT2D eigenvalue weighted by atomic mass is 10.2. The highest BCUT2D eigenvalue weighted by Crippen LogP contribution is 2.35. The van der Waals surface area contributed by atoms with Crippen molar-refractivity contribution in [1.82, 2.24) is 0 Å². The number of aryl methyl sites for hydroxylation is 1. The molecule has 0 aliphatic heterocycles. The Bertz CT molecular complexity index is 674. The molecule has 0 spiro atoms. The van der Waals surface area contributed by atoms with Crippen LogP contribution < -0.4 is 4.74 Å². The molecule has 0 aliphatic rings. The fourth-order valence-corrected chi connectivity index (χ4v) is 2.66. The van der Waals surface area contributed by atoms with E-state index in [2.05, 4.69) is 4.74 Å². The molecular formula is C15H14O5S. The smallest absolute Gasteiger partial charge is 0.348 e. The van der Waals surface area contributed by atoms with E-state index in [9.17, 15) is 9.59 Å². The average molecular weight is 306 g/mol. The molecule has 21 heavy (non-hydrogen) atoms. The number of rotatable bonds is 4. The first-order valence-electron chi connectivity index (χ1n) is 6.10. The summed E-state index contributed by atoms with van der Waals surface area (Å²) in [6.07, 6.45) is 0. The maximum Gasteiger partial charge on any atom is 0.348 e. The number of hydrogen-bond acceptors (Lipinski definition) is 6. The first-order chi connectivity index (χ1) is 10.1. The number of para-hydroxylation sites is 1. The van der Waals surface area contributed by atoms with E-state index >= 15 is 0 Å². The average Bonchev–Trinajstić information content (AvgIpc) is 2.87. The van der Waals surface area contributed by atoms with E-state index in [1.165, 1.54) is 25.6 Å². The number of thiophene rings is 1. The minimum Gasteiger partial charge on any atom is -0.465 e. The predicted octanol–water partition coefficient (Wildman–Crippen LogP) is 3.42. The lowest BCUT2D eigenvalue weighted by molar-refractivity contribution is 0.0592. The molecule has 0 amide bonds. The quantitative estimate of drug-likeness (QED) is 0.810. The Morgan fingerprint density at radius 1 is 1.05 bits per heavy atom. The molecule has 0 atom stereocenters. The highest BCUT2D eigenvalue weighted by molar-refractivity contribution is 7.15. The molecule has 1 aromatic heterocycles. The minimum atomic E-state index is -0.479. The van der Waals surface area contributed by atoms with Gasteiger partial charge in [-0.15, -0.1) is 0 Å². The summed E-state index contributed by atoms with van der Waals surface area (Å²) in [5.74, 6) is -0.516. The summed E-state index contributed by atoms with van der Waals surface area (Å²) in [6.45, 7) is 1.82. The molecule has 2 aromatic rings. The van der Waals surface area contributed by atoms with E-state index in [-0.39, 0.29) is 0 Å². The number of hydrogen-bond donors (Lipinski definition) is 0. The van der Waals surface area contributed by atoms with Gasteiger partial charge in [0.2, 0.25) is 0 Å². The monoisotopic (exact) mass is 306 g/mol. The molecule has 0 saturated heterocycles. The van der Waals surface area contributed by atoms with Crippen LogP contribution in [0.15, 0.2) is 30.3 Å². The number of methoxy groups -OCH3 is 2. The van der Waals surface area contributed by atoms with Crippen molar-refractivity contribution in [3.63, 3.8) is 0 Å². The van der Waals surface area contributed by atoms with Gasteiger partial charge < -0.3 is 14.2 Å². The maximum atomic E-state index is 11.7. The number of ether oxygens (including phenoxy) is 3. The third-order valence-corrected chi connectivity index (χ3v) is 3.85. The van der Waals surface area contributed by atoms with Gasteiger partial charge >= 0.3 is 11.9 Å². The molecule has 0 saturated carbocycles. The maximum absolute atomic E-state index is 11.7. The van der Waals surface area contributed by atoms with Gasteiger partial charge in [0.05, 0.1) is 14.2 Å². The number of benzene rings is 1. The molecule has 0 fully saturated rings. The molecule has 1 aromatic carbocycles. The molecule has 6 heteroatoms. The van der Waals surface area contributed by atoms with Gasteiger partial charge in [0.15, 0.2) is 5.06 Å². The minimum absolute atomic E-state index is 0.326. The van der Waals surface area contributed by atoms with Crippen molar-refractivity contribution in [3.8, 4) is 10.8 Å². The van der Waals surface area contributed by atoms with Crippen LogP contribution in [0.5, 0.6) is 10.8 Å². The van der Waals surface area contributed by atoms with E-state index in [0.29, 0.717) is 21.3 Å². The van der Waals surface area contributed by atoms with Gasteiger partial charge in [-0.1, -0.05) is 23.5 Å². The van der Waals surface area contributed by atoms with Crippen LogP contribution in [-0.4, -0.2) is 26.2 Å². The van der Waals surface area contributed by atoms with Crippen molar-refractivity contribution in [2.75, 3.05) is 14.2 Å². The first-order valence-corrected chi connectivity index (χ1v) is 6.92. The van der Waals surface area contributed by atoms with Crippen LogP contribution >= 0.6 is 11.3 Å². The fraction of sp³-hybridized carbons (Fsp3) is 0.200. The lowest BCUT2D eigenvalue weighted by Gasteiger charge is -2.08. The van der Waals surface area contributed by atoms with Crippen LogP contribution in [0.2, 0.25) is 0 Å². The predicted molar refractivity (Wildman–Crippen MR) is 78.3 cm³/mol. The molecule has 5 nitrogen and oxygen atoms in total. The van der Waals surface area contributed by atoms with E-state index in [0.717, 1.165) is 5.56 Å². The fourth-order valence-electron chi connectivity index (χ4n) is 1.70. The molecule has 2 rings (SSSR count). The van der Waals surface area contributed by atoms with Gasteiger partial charge in [-0.2, -0.15) is 0 Å². The topological polar surface area (TPSA) is 61.8 Å². The van der Waals surface area contributed by atoms with E-state index in [1.807, 2.05) is 6.92 Å². The van der Waals surface area contributed by atoms with E-state index in [1.54, 1.807) is 30.3 Å². The van der Waals surface area contributed by atoms with Gasteiger partial charge in [-0.05, 0) is 25.1 Å². The zero-order chi connectivity index (χ0) is 15.4. The lowest BCUT2D eigenvalue weighted by Crippen LogP contribution is -2.03. The molecule has 0 unspecified atom stereocenters. The number of carbonyl (C=O) groups excluding carboxylic acids is 2. The van der Waals surface area contributed by atoms with Gasteiger partial charge in [0, 0.05) is 5.56 Å². The van der Waals surface area contributed by atoms with Crippen LogP contribution in [0.1, 0.15) is 25.6 Å². The van der Waals surface area contributed by atoms with Crippen molar-refractivity contribution in [1.29, 1.82) is 0 Å². The van der Waals surface area contributed by atoms with Crippen LogP contribution in [0.3, 0.4) is 0 Å². The first kappa shape index (κ1) is 15.1. The van der Waals surface area contributed by atoms with Crippen LogP contribution in [-0.2, 0) is 9.47 Å². The summed E-state index contributed by atoms with van der Waals surface area (Å²) < 4.78 is 15.1. The van der Waals surface area contributed by atoms with E-state index in [4.69, 9.17) is 9.47 Å². The SMILES string of the molecule is COC(=O)c1cc(C)c(Oc2ccccc2C(=O)OC)s1. The molecule has 0 bridgehead atoms. The molecule has 0 aliphatic carbocycles. The zero-order valence-electron chi connectivity index (χ0n) is 11.8. The second kappa shape index (κ2) is 6.41. The molecule has 0 N–H and O–H groups in total. The third kappa shape index (κ3) is 3.22. The zero-order valence-corrected chi connectivity index (χ0v) is 12.7. The highest BCUT2D eigenvalue weighted by Gasteiger charge is 2.17. The Morgan fingerprint density at radius 3 is 2.38 bits per heavy atom. The van der Waals surface area contributed by atoms with Crippen molar-refractivity contribution in [2.45, 2.75) is 6.92 Å². The Morgan fingerprint density at radius 2 is 1.71 bits per heavy atom. The summed E-state index contributed by atoms with van der Waals surface area (Å²) in [5, 5.41) is 0.534. The molecule has 110 valence electrons. The number of esters is 2. The van der Waals surface area contributed by atoms with E-state index < -0.39 is 11.9 Å².